The van der Waals surface area contributed by atoms with Gasteiger partial charge in [0.05, 0.1) is 25.1 Å². The van der Waals surface area contributed by atoms with Crippen molar-refractivity contribution in [3.05, 3.63) is 22.8 Å². The fourth-order valence-corrected chi connectivity index (χ4v) is 5.51. The smallest absolute Gasteiger partial charge is 0.311 e. The number of ether oxygens (including phenoxy) is 1. The van der Waals surface area contributed by atoms with Gasteiger partial charge < -0.3 is 4.74 Å². The second-order valence-electron chi connectivity index (χ2n) is 9.50. The van der Waals surface area contributed by atoms with Gasteiger partial charge in [0.15, 0.2) is 0 Å². The summed E-state index contributed by atoms with van der Waals surface area (Å²) in [7, 11) is -1.20. The Hall–Kier alpha value is -1.49. The molecule has 26 heavy (non-hydrogen) atoms. The van der Waals surface area contributed by atoms with Crippen molar-refractivity contribution in [2.75, 3.05) is 13.2 Å². The highest BCUT2D eigenvalue weighted by molar-refractivity contribution is 6.76. The molecular formula is C21H30N2O2Si. The fraction of sp³-hybridized carbons (Fsp3) is 0.667. The molecule has 0 spiro atoms. The lowest BCUT2D eigenvalue weighted by Crippen LogP contribution is -2.31. The molecule has 0 aromatic rings. The molecule has 2 aliphatic carbocycles. The van der Waals surface area contributed by atoms with E-state index in [0.717, 1.165) is 31.9 Å². The number of allylic oxidation sites excluding steroid dienone is 2. The maximum atomic E-state index is 13.0. The van der Waals surface area contributed by atoms with Crippen molar-refractivity contribution in [2.45, 2.75) is 57.9 Å². The molecule has 1 unspecified atom stereocenters. The molecule has 0 radical (unpaired) electrons. The van der Waals surface area contributed by atoms with Gasteiger partial charge in [-0.1, -0.05) is 32.1 Å². The Morgan fingerprint density at radius 3 is 2.88 bits per heavy atom. The van der Waals surface area contributed by atoms with Crippen LogP contribution in [0.4, 0.5) is 0 Å². The predicted octanol–water partition coefficient (Wildman–Crippen LogP) is 4.06. The lowest BCUT2D eigenvalue weighted by atomic mass is 9.73. The van der Waals surface area contributed by atoms with E-state index in [1.54, 1.807) is 0 Å². The zero-order chi connectivity index (χ0) is 18.5. The van der Waals surface area contributed by atoms with Gasteiger partial charge in [0.2, 0.25) is 0 Å². The second-order valence-corrected chi connectivity index (χ2v) is 15.1. The van der Waals surface area contributed by atoms with Gasteiger partial charge in [-0.05, 0) is 48.8 Å². The Morgan fingerprint density at radius 2 is 2.12 bits per heavy atom. The van der Waals surface area contributed by atoms with E-state index in [-0.39, 0.29) is 17.9 Å². The van der Waals surface area contributed by atoms with Crippen molar-refractivity contribution < 1.29 is 9.53 Å². The number of fused-ring (bicyclic) bond motifs is 3. The van der Waals surface area contributed by atoms with Crippen LogP contribution in [0, 0.1) is 17.8 Å². The van der Waals surface area contributed by atoms with Crippen LogP contribution < -0.4 is 0 Å². The Balaban J connectivity index is 1.63. The SMILES string of the molecule is CC1C2=C3C4=NC/C3=C/C=N[C@@H](C[C@@H]1C4)[C@H](C(=O)OCC[Si](C)(C)C)C2. The molecule has 4 rings (SSSR count). The first-order valence-electron chi connectivity index (χ1n) is 9.99. The van der Waals surface area contributed by atoms with Crippen LogP contribution in [0.15, 0.2) is 32.8 Å². The summed E-state index contributed by atoms with van der Waals surface area (Å²) in [5, 5.41) is 0. The van der Waals surface area contributed by atoms with E-state index in [0.29, 0.717) is 18.4 Å². The van der Waals surface area contributed by atoms with E-state index < -0.39 is 8.07 Å². The molecule has 3 bridgehead atoms. The molecule has 0 saturated heterocycles. The maximum absolute atomic E-state index is 13.0. The molecule has 4 nitrogen and oxygen atoms in total. The van der Waals surface area contributed by atoms with Crippen LogP contribution in [0.1, 0.15) is 26.2 Å². The van der Waals surface area contributed by atoms with Gasteiger partial charge in [-0.2, -0.15) is 0 Å². The van der Waals surface area contributed by atoms with Crippen molar-refractivity contribution in [1.29, 1.82) is 0 Å². The van der Waals surface area contributed by atoms with Crippen molar-refractivity contribution in [2.24, 2.45) is 27.7 Å². The van der Waals surface area contributed by atoms with E-state index in [2.05, 4.69) is 32.6 Å². The lowest BCUT2D eigenvalue weighted by molar-refractivity contribution is -0.148. The Bertz CT molecular complexity index is 742. The number of nitrogens with zero attached hydrogens (tertiary/aromatic N) is 2. The zero-order valence-electron chi connectivity index (χ0n) is 16.4. The largest absolute Gasteiger partial charge is 0.466 e. The first-order valence-corrected chi connectivity index (χ1v) is 13.7. The van der Waals surface area contributed by atoms with E-state index >= 15 is 0 Å². The van der Waals surface area contributed by atoms with E-state index in [1.165, 1.54) is 22.4 Å². The van der Waals surface area contributed by atoms with Gasteiger partial charge >= 0.3 is 5.97 Å². The monoisotopic (exact) mass is 370 g/mol. The minimum Gasteiger partial charge on any atom is -0.466 e. The molecule has 4 aliphatic rings. The average Bonchev–Trinajstić information content (AvgIpc) is 2.93. The van der Waals surface area contributed by atoms with Crippen LogP contribution in [-0.2, 0) is 9.53 Å². The Kier molecular flexibility index (Phi) is 4.54. The number of hydrogen-bond acceptors (Lipinski definition) is 4. The van der Waals surface area contributed by atoms with E-state index in [4.69, 9.17) is 14.7 Å². The third kappa shape index (κ3) is 3.26. The minimum atomic E-state index is -1.20. The summed E-state index contributed by atoms with van der Waals surface area (Å²) in [4.78, 5) is 22.6. The first kappa shape index (κ1) is 17.9. The molecule has 0 aromatic heterocycles. The average molecular weight is 371 g/mol. The predicted molar refractivity (Wildman–Crippen MR) is 109 cm³/mol. The Morgan fingerprint density at radius 1 is 1.31 bits per heavy atom. The third-order valence-corrected chi connectivity index (χ3v) is 8.19. The van der Waals surface area contributed by atoms with Gasteiger partial charge in [0.25, 0.3) is 0 Å². The number of hydrogen-bond donors (Lipinski definition) is 0. The third-order valence-electron chi connectivity index (χ3n) is 6.48. The summed E-state index contributed by atoms with van der Waals surface area (Å²) < 4.78 is 5.75. The van der Waals surface area contributed by atoms with Crippen LogP contribution in [0.5, 0.6) is 0 Å². The van der Waals surface area contributed by atoms with Crippen LogP contribution in [0.25, 0.3) is 0 Å². The molecule has 0 amide bonds. The quantitative estimate of drug-likeness (QED) is 0.553. The highest BCUT2D eigenvalue weighted by Crippen LogP contribution is 2.48. The highest BCUT2D eigenvalue weighted by atomic mass is 28.3. The molecule has 4 atom stereocenters. The van der Waals surface area contributed by atoms with Crippen molar-refractivity contribution in [3.63, 3.8) is 0 Å². The topological polar surface area (TPSA) is 51.0 Å². The Labute approximate surface area is 157 Å². The van der Waals surface area contributed by atoms with Gasteiger partial charge in [0.1, 0.15) is 0 Å². The number of rotatable bonds is 4. The molecular weight excluding hydrogens is 340 g/mol. The van der Waals surface area contributed by atoms with Crippen molar-refractivity contribution in [1.82, 2.24) is 0 Å². The lowest BCUT2D eigenvalue weighted by Gasteiger charge is -2.31. The van der Waals surface area contributed by atoms with E-state index in [9.17, 15) is 4.79 Å². The molecule has 1 fully saturated rings. The fourth-order valence-electron chi connectivity index (χ4n) is 4.79. The molecule has 0 aromatic carbocycles. The molecule has 5 heteroatoms. The summed E-state index contributed by atoms with van der Waals surface area (Å²) >= 11 is 0. The van der Waals surface area contributed by atoms with Crippen molar-refractivity contribution >= 4 is 26.0 Å². The second kappa shape index (κ2) is 6.59. The standard InChI is InChI=1S/C21H30N2O2Si/c1-13-15-9-18-17(21(24)25-7-8-26(2,3)4)11-16(13)20-14(5-6-22-18)12-23-19(20)10-15/h5-6,13,15,17-18H,7-12H2,1-4H3/b14-5-,22-6?/t13?,15-,17-,18+/m1/s1. The van der Waals surface area contributed by atoms with Crippen molar-refractivity contribution in [3.8, 4) is 0 Å². The maximum Gasteiger partial charge on any atom is 0.311 e. The number of aliphatic imine (C=N–C) groups is 2. The minimum absolute atomic E-state index is 0.0358. The van der Waals surface area contributed by atoms with Crippen LogP contribution >= 0.6 is 0 Å². The van der Waals surface area contributed by atoms with Gasteiger partial charge in [-0.3, -0.25) is 14.8 Å². The van der Waals surface area contributed by atoms with E-state index in [1.807, 2.05) is 6.21 Å². The van der Waals surface area contributed by atoms with Crippen LogP contribution in [-0.4, -0.2) is 45.2 Å². The number of carbonyl (C=O) groups excluding carboxylic acids is 1. The summed E-state index contributed by atoms with van der Waals surface area (Å²) in [5.41, 5.74) is 5.35. The highest BCUT2D eigenvalue weighted by Gasteiger charge is 2.44. The van der Waals surface area contributed by atoms with Gasteiger partial charge in [-0.15, -0.1) is 0 Å². The first-order chi connectivity index (χ1) is 12.3. The van der Waals surface area contributed by atoms with Gasteiger partial charge in [0, 0.05) is 25.6 Å². The molecule has 1 saturated carbocycles. The normalized spacial score (nSPS) is 34.6. The summed E-state index contributed by atoms with van der Waals surface area (Å²) in [6.07, 6.45) is 6.83. The molecule has 2 heterocycles. The molecule has 140 valence electrons. The van der Waals surface area contributed by atoms with Crippen LogP contribution in [0.2, 0.25) is 25.7 Å². The molecule has 0 N–H and O–H groups in total. The summed E-state index contributed by atoms with van der Waals surface area (Å²) in [6, 6.07) is 1.06. The zero-order valence-corrected chi connectivity index (χ0v) is 17.4. The summed E-state index contributed by atoms with van der Waals surface area (Å²) in [5.74, 6) is 0.877. The van der Waals surface area contributed by atoms with Gasteiger partial charge in [-0.25, -0.2) is 0 Å². The number of esters is 1. The molecule has 2 aliphatic heterocycles. The summed E-state index contributed by atoms with van der Waals surface area (Å²) in [6.45, 7) is 10.6. The van der Waals surface area contributed by atoms with Crippen LogP contribution in [0.3, 0.4) is 0 Å². The number of carbonyl (C=O) groups is 1.